The third-order valence-electron chi connectivity index (χ3n) is 7.19. The molecule has 198 valence electrons. The van der Waals surface area contributed by atoms with Crippen LogP contribution in [0.3, 0.4) is 0 Å². The molecule has 2 fully saturated rings. The van der Waals surface area contributed by atoms with Crippen LogP contribution in [0.1, 0.15) is 15.9 Å². The van der Waals surface area contributed by atoms with Gasteiger partial charge in [-0.25, -0.2) is 8.78 Å². The Hall–Kier alpha value is -4.05. The van der Waals surface area contributed by atoms with E-state index >= 15 is 0 Å². The zero-order chi connectivity index (χ0) is 26.6. The standard InChI is InChI=1S/C28H29F2N5O3/c29-22-6-8-25(32-12-10-31(11-13-32)20-21-4-2-1-3-5-21)24(18-22)28(36)34-16-14-33(15-17-34)26-9-7-23(30)19-27(26)35(37)38/h1-9,18-19H,10-17,20H2. The Morgan fingerprint density at radius 2 is 1.34 bits per heavy atom. The molecule has 8 nitrogen and oxygen atoms in total. The molecule has 2 aliphatic heterocycles. The first kappa shape index (κ1) is 25.6. The van der Waals surface area contributed by atoms with Gasteiger partial charge in [0.1, 0.15) is 17.3 Å². The van der Waals surface area contributed by atoms with Crippen LogP contribution in [0.25, 0.3) is 0 Å². The van der Waals surface area contributed by atoms with E-state index in [1.807, 2.05) is 18.2 Å². The van der Waals surface area contributed by atoms with Gasteiger partial charge in [-0.2, -0.15) is 0 Å². The van der Waals surface area contributed by atoms with E-state index in [4.69, 9.17) is 0 Å². The number of benzene rings is 3. The van der Waals surface area contributed by atoms with Crippen LogP contribution in [0.4, 0.5) is 25.8 Å². The van der Waals surface area contributed by atoms with Gasteiger partial charge in [-0.15, -0.1) is 0 Å². The van der Waals surface area contributed by atoms with Gasteiger partial charge in [-0.3, -0.25) is 19.8 Å². The zero-order valence-corrected chi connectivity index (χ0v) is 20.9. The molecule has 5 rings (SSSR count). The van der Waals surface area contributed by atoms with Gasteiger partial charge in [0.2, 0.25) is 0 Å². The molecule has 0 aromatic heterocycles. The number of rotatable bonds is 6. The van der Waals surface area contributed by atoms with Gasteiger partial charge >= 0.3 is 0 Å². The number of carbonyl (C=O) groups excluding carboxylic acids is 1. The van der Waals surface area contributed by atoms with Crippen molar-refractivity contribution in [3.8, 4) is 0 Å². The molecule has 0 bridgehead atoms. The number of nitro groups is 1. The van der Waals surface area contributed by atoms with Crippen LogP contribution in [-0.2, 0) is 6.54 Å². The maximum absolute atomic E-state index is 14.3. The van der Waals surface area contributed by atoms with E-state index in [-0.39, 0.29) is 11.6 Å². The summed E-state index contributed by atoms with van der Waals surface area (Å²) in [5.74, 6) is -1.41. The summed E-state index contributed by atoms with van der Waals surface area (Å²) in [4.78, 5) is 32.3. The zero-order valence-electron chi connectivity index (χ0n) is 20.9. The molecule has 0 aliphatic carbocycles. The highest BCUT2D eigenvalue weighted by atomic mass is 19.1. The van der Waals surface area contributed by atoms with Gasteiger partial charge in [0.15, 0.2) is 0 Å². The van der Waals surface area contributed by atoms with Crippen molar-refractivity contribution in [3.05, 3.63) is 99.6 Å². The summed E-state index contributed by atoms with van der Waals surface area (Å²) in [5.41, 5.74) is 2.31. The van der Waals surface area contributed by atoms with Gasteiger partial charge in [0, 0.05) is 64.6 Å². The van der Waals surface area contributed by atoms with Crippen molar-refractivity contribution in [1.82, 2.24) is 9.80 Å². The predicted octanol–water partition coefficient (Wildman–Crippen LogP) is 4.16. The molecule has 2 aliphatic rings. The summed E-state index contributed by atoms with van der Waals surface area (Å²) in [7, 11) is 0. The van der Waals surface area contributed by atoms with Crippen LogP contribution in [0.5, 0.6) is 0 Å². The Morgan fingerprint density at radius 3 is 2.00 bits per heavy atom. The third-order valence-corrected chi connectivity index (χ3v) is 7.19. The summed E-state index contributed by atoms with van der Waals surface area (Å²) in [6.07, 6.45) is 0. The van der Waals surface area contributed by atoms with Crippen LogP contribution in [0, 0.1) is 21.7 Å². The summed E-state index contributed by atoms with van der Waals surface area (Å²) < 4.78 is 27.8. The lowest BCUT2D eigenvalue weighted by atomic mass is 10.1. The molecule has 1 amide bonds. The molecule has 0 unspecified atom stereocenters. The first-order valence-electron chi connectivity index (χ1n) is 12.7. The molecule has 0 saturated carbocycles. The van der Waals surface area contributed by atoms with E-state index < -0.39 is 16.6 Å². The second-order valence-corrected chi connectivity index (χ2v) is 9.58. The third kappa shape index (κ3) is 5.60. The monoisotopic (exact) mass is 521 g/mol. The van der Waals surface area contributed by atoms with Crippen molar-refractivity contribution in [2.24, 2.45) is 0 Å². The van der Waals surface area contributed by atoms with Gasteiger partial charge in [0.05, 0.1) is 16.6 Å². The quantitative estimate of drug-likeness (QED) is 0.358. The van der Waals surface area contributed by atoms with E-state index in [1.165, 1.54) is 29.8 Å². The van der Waals surface area contributed by atoms with Crippen LogP contribution < -0.4 is 9.80 Å². The summed E-state index contributed by atoms with van der Waals surface area (Å²) in [6.45, 7) is 5.29. The Kier molecular flexibility index (Phi) is 7.50. The number of carbonyl (C=O) groups is 1. The SMILES string of the molecule is O=C(c1cc(F)ccc1N1CCN(Cc2ccccc2)CC1)N1CCN(c2ccc(F)cc2[N+](=O)[O-])CC1. The Labute approximate surface area is 219 Å². The highest BCUT2D eigenvalue weighted by Crippen LogP contribution is 2.31. The summed E-state index contributed by atoms with van der Waals surface area (Å²) in [5, 5.41) is 11.4. The Balaban J connectivity index is 1.25. The molecule has 0 radical (unpaired) electrons. The Morgan fingerprint density at radius 1 is 0.763 bits per heavy atom. The van der Waals surface area contributed by atoms with Gasteiger partial charge < -0.3 is 14.7 Å². The number of amides is 1. The highest BCUT2D eigenvalue weighted by molar-refractivity contribution is 6.00. The first-order valence-corrected chi connectivity index (χ1v) is 12.7. The number of hydrogen-bond donors (Lipinski definition) is 0. The smallest absolute Gasteiger partial charge is 0.295 e. The maximum Gasteiger partial charge on any atom is 0.295 e. The van der Waals surface area contributed by atoms with E-state index in [2.05, 4.69) is 21.9 Å². The van der Waals surface area contributed by atoms with E-state index in [0.29, 0.717) is 43.1 Å². The molecule has 3 aromatic carbocycles. The molecule has 0 atom stereocenters. The van der Waals surface area contributed by atoms with Crippen LogP contribution in [-0.4, -0.2) is 73.0 Å². The minimum Gasteiger partial charge on any atom is -0.368 e. The fraction of sp³-hybridized carbons (Fsp3) is 0.321. The number of halogens is 2. The molecule has 2 heterocycles. The van der Waals surface area contributed by atoms with E-state index in [9.17, 15) is 23.7 Å². The van der Waals surface area contributed by atoms with Gasteiger partial charge in [0.25, 0.3) is 11.6 Å². The molecule has 0 N–H and O–H groups in total. The second-order valence-electron chi connectivity index (χ2n) is 9.58. The second kappa shape index (κ2) is 11.1. The van der Waals surface area contributed by atoms with Crippen LogP contribution in [0.15, 0.2) is 66.7 Å². The van der Waals surface area contributed by atoms with Crippen molar-refractivity contribution < 1.29 is 18.5 Å². The van der Waals surface area contributed by atoms with Crippen molar-refractivity contribution in [2.45, 2.75) is 6.54 Å². The minimum atomic E-state index is -0.672. The predicted molar refractivity (Wildman–Crippen MR) is 142 cm³/mol. The molecule has 0 spiro atoms. The fourth-order valence-corrected chi connectivity index (χ4v) is 5.17. The van der Waals surface area contributed by atoms with Crippen molar-refractivity contribution >= 4 is 23.0 Å². The average Bonchev–Trinajstić information content (AvgIpc) is 2.94. The maximum atomic E-state index is 14.3. The fourth-order valence-electron chi connectivity index (χ4n) is 5.17. The lowest BCUT2D eigenvalue weighted by Gasteiger charge is -2.38. The molecular weight excluding hydrogens is 492 g/mol. The molecule has 3 aromatic rings. The van der Waals surface area contributed by atoms with Crippen molar-refractivity contribution in [1.29, 1.82) is 0 Å². The lowest BCUT2D eigenvalue weighted by molar-refractivity contribution is -0.384. The largest absolute Gasteiger partial charge is 0.368 e. The van der Waals surface area contributed by atoms with Crippen LogP contribution >= 0.6 is 0 Å². The van der Waals surface area contributed by atoms with Crippen molar-refractivity contribution in [2.75, 3.05) is 62.2 Å². The van der Waals surface area contributed by atoms with Crippen LogP contribution in [0.2, 0.25) is 0 Å². The molecular formula is C28H29F2N5O3. The topological polar surface area (TPSA) is 73.2 Å². The number of nitrogens with zero attached hydrogens (tertiary/aromatic N) is 5. The molecule has 2 saturated heterocycles. The Bertz CT molecular complexity index is 1310. The van der Waals surface area contributed by atoms with E-state index in [1.54, 1.807) is 15.9 Å². The normalized spacial score (nSPS) is 16.5. The van der Waals surface area contributed by atoms with Gasteiger partial charge in [-0.05, 0) is 35.9 Å². The minimum absolute atomic E-state index is 0.264. The number of nitro benzene ring substituents is 1. The number of anilines is 2. The van der Waals surface area contributed by atoms with Crippen molar-refractivity contribution in [3.63, 3.8) is 0 Å². The number of piperazine rings is 2. The summed E-state index contributed by atoms with van der Waals surface area (Å²) in [6, 6.07) is 18.1. The van der Waals surface area contributed by atoms with Gasteiger partial charge in [-0.1, -0.05) is 30.3 Å². The first-order chi connectivity index (χ1) is 18.4. The summed E-state index contributed by atoms with van der Waals surface area (Å²) >= 11 is 0. The molecule has 10 heteroatoms. The van der Waals surface area contributed by atoms with E-state index in [0.717, 1.165) is 38.8 Å². The number of hydrogen-bond acceptors (Lipinski definition) is 6. The average molecular weight is 522 g/mol. The molecule has 38 heavy (non-hydrogen) atoms. The lowest BCUT2D eigenvalue weighted by Crippen LogP contribution is -2.50. The highest BCUT2D eigenvalue weighted by Gasteiger charge is 2.29.